The third kappa shape index (κ3) is 4.08. The van der Waals surface area contributed by atoms with Crippen molar-refractivity contribution in [2.75, 3.05) is 51.7 Å². The van der Waals surface area contributed by atoms with Crippen LogP contribution in [0.5, 0.6) is 0 Å². The van der Waals surface area contributed by atoms with Crippen molar-refractivity contribution in [2.24, 2.45) is 5.73 Å². The molecule has 21 heavy (non-hydrogen) atoms. The van der Waals surface area contributed by atoms with Gasteiger partial charge in [0, 0.05) is 46.8 Å². The lowest BCUT2D eigenvalue weighted by Gasteiger charge is -2.34. The van der Waals surface area contributed by atoms with Gasteiger partial charge < -0.3 is 15.5 Å². The van der Waals surface area contributed by atoms with Crippen LogP contribution in [0.3, 0.4) is 0 Å². The lowest BCUT2D eigenvalue weighted by Crippen LogP contribution is -2.48. The van der Waals surface area contributed by atoms with Crippen LogP contribution in [0.15, 0.2) is 12.1 Å². The third-order valence-corrected chi connectivity index (χ3v) is 3.48. The van der Waals surface area contributed by atoms with Gasteiger partial charge in [0.25, 0.3) is 5.91 Å². The second-order valence-electron chi connectivity index (χ2n) is 5.21. The summed E-state index contributed by atoms with van der Waals surface area (Å²) in [4.78, 5) is 18.1. The van der Waals surface area contributed by atoms with Crippen molar-refractivity contribution in [1.29, 1.82) is 0 Å². The molecule has 1 aromatic rings. The number of amides is 1. The zero-order chi connectivity index (χ0) is 15.4. The molecule has 2 heterocycles. The second kappa shape index (κ2) is 6.77. The maximum atomic E-state index is 11.8. The predicted octanol–water partition coefficient (Wildman–Crippen LogP) is -0.413. The van der Waals surface area contributed by atoms with Gasteiger partial charge in [0.15, 0.2) is 11.5 Å². The summed E-state index contributed by atoms with van der Waals surface area (Å²) in [6, 6.07) is 3.55. The molecule has 1 saturated heterocycles. The molecule has 0 saturated carbocycles. The van der Waals surface area contributed by atoms with Crippen LogP contribution in [-0.2, 0) is 0 Å². The average molecular weight is 308 g/mol. The monoisotopic (exact) mass is 308 g/mol. The van der Waals surface area contributed by atoms with E-state index in [9.17, 15) is 4.79 Å². The number of carbonyl (C=O) groups is 1. The molecule has 1 aliphatic heterocycles. The summed E-state index contributed by atoms with van der Waals surface area (Å²) in [6.45, 7) is 4.12. The number of piperazine rings is 1. The molecule has 2 N–H and O–H groups in total. The molecule has 0 aromatic carbocycles. The van der Waals surface area contributed by atoms with Crippen LogP contribution in [0.25, 0.3) is 0 Å². The molecule has 8 heteroatoms. The molecule has 1 fully saturated rings. The van der Waals surface area contributed by atoms with Crippen LogP contribution in [0.4, 0.5) is 5.82 Å². The minimum Gasteiger partial charge on any atom is -0.392 e. The Hall–Kier alpha value is -1.80. The standard InChI is InChI=1S/C13H20N6OS/c1-17(2)13(20)10-3-4-12(16-15-10)19-7-5-18(6-8-19)9-11(14)21/h3-4H,5-9H2,1-2H3,(H2,14,21). The zero-order valence-corrected chi connectivity index (χ0v) is 13.1. The molecule has 2 rings (SSSR count). The van der Waals surface area contributed by atoms with Crippen molar-refractivity contribution in [3.63, 3.8) is 0 Å². The second-order valence-corrected chi connectivity index (χ2v) is 5.73. The van der Waals surface area contributed by atoms with Crippen LogP contribution >= 0.6 is 12.2 Å². The Morgan fingerprint density at radius 1 is 1.29 bits per heavy atom. The predicted molar refractivity (Wildman–Crippen MR) is 85.5 cm³/mol. The van der Waals surface area contributed by atoms with Gasteiger partial charge in [0.2, 0.25) is 0 Å². The fraction of sp³-hybridized carbons (Fsp3) is 0.538. The SMILES string of the molecule is CN(C)C(=O)c1ccc(N2CCN(CC(N)=S)CC2)nn1. The number of thiocarbonyl (C=S) groups is 1. The molecule has 7 nitrogen and oxygen atoms in total. The molecule has 0 radical (unpaired) electrons. The van der Waals surface area contributed by atoms with Crippen LogP contribution in [-0.4, -0.2) is 77.7 Å². The number of carbonyl (C=O) groups excluding carboxylic acids is 1. The molecule has 0 unspecified atom stereocenters. The molecule has 1 aromatic heterocycles. The van der Waals surface area contributed by atoms with Gasteiger partial charge in [0.05, 0.1) is 4.99 Å². The maximum absolute atomic E-state index is 11.8. The van der Waals surface area contributed by atoms with Crippen LogP contribution < -0.4 is 10.6 Å². The van der Waals surface area contributed by atoms with E-state index in [1.807, 2.05) is 6.07 Å². The number of anilines is 1. The van der Waals surface area contributed by atoms with Gasteiger partial charge >= 0.3 is 0 Å². The van der Waals surface area contributed by atoms with E-state index in [1.165, 1.54) is 4.90 Å². The minimum absolute atomic E-state index is 0.143. The van der Waals surface area contributed by atoms with Gasteiger partial charge in [0.1, 0.15) is 0 Å². The number of nitrogens with two attached hydrogens (primary N) is 1. The molecule has 1 aliphatic rings. The highest BCUT2D eigenvalue weighted by Gasteiger charge is 2.19. The van der Waals surface area contributed by atoms with E-state index >= 15 is 0 Å². The molecule has 0 aliphatic carbocycles. The smallest absolute Gasteiger partial charge is 0.273 e. The van der Waals surface area contributed by atoms with Crippen molar-refractivity contribution >= 4 is 28.9 Å². The van der Waals surface area contributed by atoms with Crippen molar-refractivity contribution in [2.45, 2.75) is 0 Å². The van der Waals surface area contributed by atoms with E-state index in [0.29, 0.717) is 17.2 Å². The normalized spacial score (nSPS) is 15.8. The Morgan fingerprint density at radius 2 is 1.95 bits per heavy atom. The molecule has 114 valence electrons. The number of hydrogen-bond acceptors (Lipinski definition) is 6. The highest BCUT2D eigenvalue weighted by molar-refractivity contribution is 7.80. The summed E-state index contributed by atoms with van der Waals surface area (Å²) >= 11 is 4.92. The van der Waals surface area contributed by atoms with Gasteiger partial charge in [-0.3, -0.25) is 9.69 Å². The topological polar surface area (TPSA) is 78.6 Å². The Morgan fingerprint density at radius 3 is 2.43 bits per heavy atom. The fourth-order valence-corrected chi connectivity index (χ4v) is 2.38. The van der Waals surface area contributed by atoms with E-state index < -0.39 is 0 Å². The Kier molecular flexibility index (Phi) is 5.03. The van der Waals surface area contributed by atoms with Crippen molar-refractivity contribution in [1.82, 2.24) is 20.0 Å². The summed E-state index contributed by atoms with van der Waals surface area (Å²) in [6.07, 6.45) is 0. The first-order valence-corrected chi connectivity index (χ1v) is 7.19. The summed E-state index contributed by atoms with van der Waals surface area (Å²) < 4.78 is 0. The van der Waals surface area contributed by atoms with Crippen LogP contribution in [0.1, 0.15) is 10.5 Å². The summed E-state index contributed by atoms with van der Waals surface area (Å²) in [7, 11) is 3.39. The summed E-state index contributed by atoms with van der Waals surface area (Å²) in [5.41, 5.74) is 5.91. The first-order valence-electron chi connectivity index (χ1n) is 6.78. The molecule has 0 atom stereocenters. The van der Waals surface area contributed by atoms with E-state index in [2.05, 4.69) is 20.0 Å². The Labute approximate surface area is 129 Å². The highest BCUT2D eigenvalue weighted by Crippen LogP contribution is 2.13. The summed E-state index contributed by atoms with van der Waals surface area (Å²) in [5, 5.41) is 8.16. The number of hydrogen-bond donors (Lipinski definition) is 1. The highest BCUT2D eigenvalue weighted by atomic mass is 32.1. The lowest BCUT2D eigenvalue weighted by atomic mass is 10.3. The molecule has 0 bridgehead atoms. The van der Waals surface area contributed by atoms with Gasteiger partial charge in [-0.1, -0.05) is 12.2 Å². The quantitative estimate of drug-likeness (QED) is 0.757. The molecule has 0 spiro atoms. The third-order valence-electron chi connectivity index (χ3n) is 3.35. The van der Waals surface area contributed by atoms with E-state index in [1.54, 1.807) is 20.2 Å². The van der Waals surface area contributed by atoms with E-state index in [4.69, 9.17) is 18.0 Å². The lowest BCUT2D eigenvalue weighted by molar-refractivity contribution is 0.0821. The van der Waals surface area contributed by atoms with Crippen molar-refractivity contribution in [3.8, 4) is 0 Å². The summed E-state index contributed by atoms with van der Waals surface area (Å²) in [5.74, 6) is 0.649. The fourth-order valence-electron chi connectivity index (χ4n) is 2.19. The maximum Gasteiger partial charge on any atom is 0.273 e. The number of nitrogens with zero attached hydrogens (tertiary/aromatic N) is 5. The Bertz CT molecular complexity index is 510. The number of rotatable bonds is 4. The first kappa shape index (κ1) is 15.6. The molecular weight excluding hydrogens is 288 g/mol. The molecule has 1 amide bonds. The Balaban J connectivity index is 1.95. The first-order chi connectivity index (χ1) is 9.97. The van der Waals surface area contributed by atoms with Crippen molar-refractivity contribution < 1.29 is 4.79 Å². The van der Waals surface area contributed by atoms with E-state index in [-0.39, 0.29) is 5.91 Å². The van der Waals surface area contributed by atoms with Gasteiger partial charge in [-0.25, -0.2) is 0 Å². The van der Waals surface area contributed by atoms with Crippen molar-refractivity contribution in [3.05, 3.63) is 17.8 Å². The van der Waals surface area contributed by atoms with Gasteiger partial charge in [-0.2, -0.15) is 0 Å². The average Bonchev–Trinajstić information content (AvgIpc) is 2.47. The zero-order valence-electron chi connectivity index (χ0n) is 12.3. The molecular formula is C13H20N6OS. The van der Waals surface area contributed by atoms with Gasteiger partial charge in [-0.05, 0) is 12.1 Å². The van der Waals surface area contributed by atoms with Crippen LogP contribution in [0.2, 0.25) is 0 Å². The number of aromatic nitrogens is 2. The van der Waals surface area contributed by atoms with Crippen LogP contribution in [0, 0.1) is 0 Å². The largest absolute Gasteiger partial charge is 0.392 e. The van der Waals surface area contributed by atoms with Gasteiger partial charge in [-0.15, -0.1) is 10.2 Å². The van der Waals surface area contributed by atoms with E-state index in [0.717, 1.165) is 32.0 Å². The minimum atomic E-state index is -0.143.